The highest BCUT2D eigenvalue weighted by atomic mass is 16.4. The van der Waals surface area contributed by atoms with E-state index in [0.717, 1.165) is 12.8 Å². The fraction of sp³-hybridized carbons (Fsp3) is 0.846. The van der Waals surface area contributed by atoms with Gasteiger partial charge >= 0.3 is 5.97 Å². The zero-order valence-electron chi connectivity index (χ0n) is 11.1. The highest BCUT2D eigenvalue weighted by Crippen LogP contribution is 2.30. The monoisotopic (exact) mass is 257 g/mol. The average molecular weight is 257 g/mol. The van der Waals surface area contributed by atoms with Gasteiger partial charge in [0.15, 0.2) is 0 Å². The average Bonchev–Trinajstić information content (AvgIpc) is 2.27. The van der Waals surface area contributed by atoms with Gasteiger partial charge in [-0.2, -0.15) is 0 Å². The van der Waals surface area contributed by atoms with Crippen molar-refractivity contribution >= 4 is 11.9 Å². The van der Waals surface area contributed by atoms with Crippen molar-refractivity contribution < 1.29 is 19.8 Å². The summed E-state index contributed by atoms with van der Waals surface area (Å²) in [5, 5.41) is 21.2. The van der Waals surface area contributed by atoms with E-state index in [1.807, 2.05) is 6.92 Å². The minimum atomic E-state index is -0.877. The summed E-state index contributed by atoms with van der Waals surface area (Å²) in [5.74, 6) is -2.04. The van der Waals surface area contributed by atoms with E-state index >= 15 is 0 Å². The van der Waals surface area contributed by atoms with E-state index in [0.29, 0.717) is 19.3 Å². The molecule has 4 atom stereocenters. The molecule has 0 aliphatic heterocycles. The normalized spacial score (nSPS) is 27.3. The first-order valence-corrected chi connectivity index (χ1v) is 6.63. The largest absolute Gasteiger partial charge is 0.481 e. The topological polar surface area (TPSA) is 86.6 Å². The van der Waals surface area contributed by atoms with Crippen LogP contribution in [-0.4, -0.2) is 34.2 Å². The van der Waals surface area contributed by atoms with E-state index in [9.17, 15) is 14.7 Å². The molecule has 0 aromatic heterocycles. The van der Waals surface area contributed by atoms with Gasteiger partial charge in [-0.3, -0.25) is 9.59 Å². The smallest absolute Gasteiger partial charge is 0.307 e. The Kier molecular flexibility index (Phi) is 5.59. The first-order valence-electron chi connectivity index (χ1n) is 6.63. The second-order valence-electron chi connectivity index (χ2n) is 5.33. The zero-order valence-corrected chi connectivity index (χ0v) is 11.1. The number of hydrogen-bond donors (Lipinski definition) is 3. The number of amides is 1. The molecule has 1 amide bonds. The van der Waals surface area contributed by atoms with Gasteiger partial charge in [-0.25, -0.2) is 0 Å². The van der Waals surface area contributed by atoms with Crippen molar-refractivity contribution in [1.29, 1.82) is 0 Å². The molecule has 0 heterocycles. The fourth-order valence-corrected chi connectivity index (χ4v) is 2.66. The summed E-state index contributed by atoms with van der Waals surface area (Å²) >= 11 is 0. The summed E-state index contributed by atoms with van der Waals surface area (Å²) in [6.07, 6.45) is 3.02. The van der Waals surface area contributed by atoms with Crippen LogP contribution in [0.2, 0.25) is 0 Å². The minimum Gasteiger partial charge on any atom is -0.481 e. The van der Waals surface area contributed by atoms with Gasteiger partial charge in [-0.05, 0) is 33.1 Å². The molecule has 1 aliphatic carbocycles. The third-order valence-corrected chi connectivity index (χ3v) is 3.50. The predicted molar refractivity (Wildman–Crippen MR) is 67.0 cm³/mol. The van der Waals surface area contributed by atoms with Gasteiger partial charge in [-0.1, -0.05) is 12.8 Å². The third kappa shape index (κ3) is 4.29. The number of hydrogen-bond acceptors (Lipinski definition) is 3. The van der Waals surface area contributed by atoms with E-state index < -0.39 is 23.9 Å². The van der Waals surface area contributed by atoms with Crippen LogP contribution in [0, 0.1) is 11.8 Å². The Balaban J connectivity index is 2.55. The van der Waals surface area contributed by atoms with E-state index in [2.05, 4.69) is 5.32 Å². The summed E-state index contributed by atoms with van der Waals surface area (Å²) in [6.45, 7) is 3.49. The first kappa shape index (κ1) is 15.0. The number of aliphatic carboxylic acids is 1. The predicted octanol–water partition coefficient (Wildman–Crippen LogP) is 1.15. The summed E-state index contributed by atoms with van der Waals surface area (Å²) in [7, 11) is 0. The van der Waals surface area contributed by atoms with Crippen molar-refractivity contribution in [2.24, 2.45) is 11.8 Å². The second kappa shape index (κ2) is 6.73. The molecule has 0 aromatic rings. The molecule has 0 bridgehead atoms. The Bertz CT molecular complexity index is 303. The van der Waals surface area contributed by atoms with Crippen LogP contribution < -0.4 is 5.32 Å². The molecule has 0 radical (unpaired) electrons. The molecule has 1 fully saturated rings. The maximum Gasteiger partial charge on any atom is 0.307 e. The van der Waals surface area contributed by atoms with Crippen molar-refractivity contribution in [3.05, 3.63) is 0 Å². The van der Waals surface area contributed by atoms with E-state index in [-0.39, 0.29) is 11.9 Å². The number of aliphatic hydroxyl groups is 1. The van der Waals surface area contributed by atoms with Crippen molar-refractivity contribution in [3.8, 4) is 0 Å². The Morgan fingerprint density at radius 1 is 1.22 bits per heavy atom. The lowest BCUT2D eigenvalue weighted by Gasteiger charge is -2.28. The highest BCUT2D eigenvalue weighted by molar-refractivity contribution is 5.85. The molecule has 1 aliphatic rings. The maximum atomic E-state index is 12.0. The fourth-order valence-electron chi connectivity index (χ4n) is 2.66. The molecule has 0 aromatic carbocycles. The minimum absolute atomic E-state index is 0.131. The van der Waals surface area contributed by atoms with Gasteiger partial charge in [0, 0.05) is 6.04 Å². The molecule has 5 heteroatoms. The maximum absolute atomic E-state index is 12.0. The molecule has 1 rings (SSSR count). The van der Waals surface area contributed by atoms with Crippen LogP contribution in [0.5, 0.6) is 0 Å². The van der Waals surface area contributed by atoms with E-state index in [4.69, 9.17) is 5.11 Å². The Morgan fingerprint density at radius 2 is 1.78 bits per heavy atom. The molecule has 1 saturated carbocycles. The molecule has 18 heavy (non-hydrogen) atoms. The van der Waals surface area contributed by atoms with Crippen LogP contribution in [-0.2, 0) is 9.59 Å². The Labute approximate surface area is 108 Å². The molecule has 5 nitrogen and oxygen atoms in total. The lowest BCUT2D eigenvalue weighted by molar-refractivity contribution is -0.149. The number of carbonyl (C=O) groups is 2. The summed E-state index contributed by atoms with van der Waals surface area (Å²) in [6, 6.07) is -0.131. The van der Waals surface area contributed by atoms with Gasteiger partial charge in [0.1, 0.15) is 0 Å². The van der Waals surface area contributed by atoms with Crippen molar-refractivity contribution in [2.45, 2.75) is 58.1 Å². The van der Waals surface area contributed by atoms with E-state index in [1.165, 1.54) is 0 Å². The Morgan fingerprint density at radius 3 is 2.28 bits per heavy atom. The summed E-state index contributed by atoms with van der Waals surface area (Å²) in [4.78, 5) is 23.2. The van der Waals surface area contributed by atoms with Gasteiger partial charge in [0.25, 0.3) is 0 Å². The van der Waals surface area contributed by atoms with Gasteiger partial charge in [0.05, 0.1) is 17.9 Å². The van der Waals surface area contributed by atoms with Crippen LogP contribution in [0.25, 0.3) is 0 Å². The number of carboxylic acids is 1. The van der Waals surface area contributed by atoms with Crippen molar-refractivity contribution in [1.82, 2.24) is 5.32 Å². The first-order chi connectivity index (χ1) is 8.41. The SMILES string of the molecule is CC(O)CC(C)NC(=O)[C@@H]1CCCC[C@@H]1C(=O)O. The summed E-state index contributed by atoms with van der Waals surface area (Å²) < 4.78 is 0. The number of aliphatic hydroxyl groups excluding tert-OH is 1. The molecule has 104 valence electrons. The quantitative estimate of drug-likeness (QED) is 0.689. The molecule has 0 saturated heterocycles. The van der Waals surface area contributed by atoms with Gasteiger partial charge in [0.2, 0.25) is 5.91 Å². The van der Waals surface area contributed by atoms with Crippen molar-refractivity contribution in [2.75, 3.05) is 0 Å². The number of carboxylic acid groups (broad SMARTS) is 1. The molecule has 3 N–H and O–H groups in total. The zero-order chi connectivity index (χ0) is 13.7. The third-order valence-electron chi connectivity index (χ3n) is 3.50. The summed E-state index contributed by atoms with van der Waals surface area (Å²) in [5.41, 5.74) is 0. The number of rotatable bonds is 5. The molecule has 2 unspecified atom stereocenters. The van der Waals surface area contributed by atoms with Crippen molar-refractivity contribution in [3.63, 3.8) is 0 Å². The molecular weight excluding hydrogens is 234 g/mol. The molecule has 0 spiro atoms. The second-order valence-corrected chi connectivity index (χ2v) is 5.33. The van der Waals surface area contributed by atoms with E-state index in [1.54, 1.807) is 6.92 Å². The van der Waals surface area contributed by atoms with Crippen LogP contribution in [0.4, 0.5) is 0 Å². The van der Waals surface area contributed by atoms with Gasteiger partial charge in [-0.15, -0.1) is 0 Å². The lowest BCUT2D eigenvalue weighted by Crippen LogP contribution is -2.43. The number of nitrogens with one attached hydrogen (secondary N) is 1. The number of carbonyl (C=O) groups excluding carboxylic acids is 1. The van der Waals surface area contributed by atoms with Crippen LogP contribution in [0.1, 0.15) is 46.0 Å². The lowest BCUT2D eigenvalue weighted by atomic mass is 9.78. The van der Waals surface area contributed by atoms with Gasteiger partial charge < -0.3 is 15.5 Å². The standard InChI is InChI=1S/C13H23NO4/c1-8(7-9(2)15)14-12(16)10-5-3-4-6-11(10)13(17)18/h8-11,15H,3-7H2,1-2H3,(H,14,16)(H,17,18)/t8?,9?,10-,11+/m1/s1. The van der Waals surface area contributed by atoms with Crippen LogP contribution in [0.15, 0.2) is 0 Å². The Hall–Kier alpha value is -1.10. The van der Waals surface area contributed by atoms with Crippen LogP contribution >= 0.6 is 0 Å². The highest BCUT2D eigenvalue weighted by Gasteiger charge is 2.35. The van der Waals surface area contributed by atoms with Crippen LogP contribution in [0.3, 0.4) is 0 Å². The molecular formula is C13H23NO4.